The average molecular weight is 437 g/mol. The molecule has 2 bridgehead atoms. The highest BCUT2D eigenvalue weighted by Crippen LogP contribution is 2.64. The van der Waals surface area contributed by atoms with Gasteiger partial charge in [-0.1, -0.05) is 26.0 Å². The first-order valence-corrected chi connectivity index (χ1v) is 11.0. The second-order valence-corrected chi connectivity index (χ2v) is 10.0. The maximum atomic E-state index is 12.8. The number of carboxylic acids is 1. The summed E-state index contributed by atoms with van der Waals surface area (Å²) in [6, 6.07) is 6.93. The maximum absolute atomic E-state index is 12.8. The molecule has 1 aromatic rings. The number of benzene rings is 1. The number of carbonyl (C=O) groups excluding carboxylic acids is 2. The molecule has 2 aliphatic rings. The largest absolute Gasteiger partial charge is 0.481 e. The van der Waals surface area contributed by atoms with Gasteiger partial charge in [-0.3, -0.25) is 18.9 Å². The number of rotatable bonds is 8. The predicted molar refractivity (Wildman–Crippen MR) is 107 cm³/mol. The molecule has 0 aromatic heterocycles. The lowest BCUT2D eigenvalue weighted by atomic mass is 9.69. The zero-order valence-electron chi connectivity index (χ0n) is 16.8. The van der Waals surface area contributed by atoms with Crippen molar-refractivity contribution in [3.63, 3.8) is 0 Å². The summed E-state index contributed by atoms with van der Waals surface area (Å²) in [4.78, 5) is 35.6. The van der Waals surface area contributed by atoms with E-state index in [9.17, 15) is 27.4 Å². The van der Waals surface area contributed by atoms with E-state index in [1.807, 2.05) is 13.8 Å². The lowest BCUT2D eigenvalue weighted by molar-refractivity contribution is -0.139. The molecule has 0 saturated heterocycles. The summed E-state index contributed by atoms with van der Waals surface area (Å²) in [5.41, 5.74) is 3.94. The number of hydrogen-bond donors (Lipinski definition) is 3. The standard InChI is InChI=1S/C20H25N2O7S/c1-19(2)13-6-7-20(19,16(23)9-13)11-22(30(27,28)29)14-5-3-4-12(8-14)15(18(21)26)10-17(24)25/h3-5,13,15H,6-7,9-11H2,1-2H3,(H2,21,26)(H,24,25)(H,27,28,29). The van der Waals surface area contributed by atoms with Crippen LogP contribution in [0.3, 0.4) is 0 Å². The molecule has 3 rings (SSSR count). The van der Waals surface area contributed by atoms with Gasteiger partial charge in [0.25, 0.3) is 0 Å². The van der Waals surface area contributed by atoms with Crippen LogP contribution in [-0.2, 0) is 24.7 Å². The second kappa shape index (κ2) is 7.35. The van der Waals surface area contributed by atoms with Crippen LogP contribution in [-0.4, -0.2) is 42.3 Å². The van der Waals surface area contributed by atoms with E-state index in [0.29, 0.717) is 17.1 Å². The normalized spacial score (nSPS) is 25.8. The number of amides is 1. The minimum Gasteiger partial charge on any atom is -0.481 e. The number of carbonyl (C=O) groups is 3. The lowest BCUT2D eigenvalue weighted by Gasteiger charge is -2.39. The van der Waals surface area contributed by atoms with Gasteiger partial charge in [0.1, 0.15) is 5.78 Å². The van der Waals surface area contributed by atoms with Gasteiger partial charge >= 0.3 is 16.3 Å². The quantitative estimate of drug-likeness (QED) is 0.521. The molecule has 3 atom stereocenters. The van der Waals surface area contributed by atoms with E-state index in [0.717, 1.165) is 6.42 Å². The Balaban J connectivity index is 2.03. The van der Waals surface area contributed by atoms with Crippen molar-refractivity contribution in [1.29, 1.82) is 0 Å². The number of hydrogen-bond acceptors (Lipinski definition) is 5. The Morgan fingerprint density at radius 3 is 2.50 bits per heavy atom. The molecule has 2 fully saturated rings. The van der Waals surface area contributed by atoms with E-state index < -0.39 is 45.3 Å². The molecule has 4 N–H and O–H groups in total. The third-order valence-corrected chi connectivity index (χ3v) is 7.88. The fourth-order valence-electron chi connectivity index (χ4n) is 5.04. The highest BCUT2D eigenvalue weighted by Gasteiger charge is 2.65. The Kier molecular flexibility index (Phi) is 5.44. The summed E-state index contributed by atoms with van der Waals surface area (Å²) in [7, 11) is -4.78. The topological polar surface area (TPSA) is 155 Å². The van der Waals surface area contributed by atoms with Crippen molar-refractivity contribution in [3.8, 4) is 0 Å². The van der Waals surface area contributed by atoms with Crippen LogP contribution in [0.2, 0.25) is 0 Å². The molecule has 1 amide bonds. The van der Waals surface area contributed by atoms with Gasteiger partial charge in [0, 0.05) is 19.0 Å². The van der Waals surface area contributed by atoms with Crippen LogP contribution >= 0.6 is 0 Å². The number of carboxylic acid groups (broad SMARTS) is 1. The molecule has 30 heavy (non-hydrogen) atoms. The zero-order valence-corrected chi connectivity index (χ0v) is 17.6. The monoisotopic (exact) mass is 437 g/mol. The number of anilines is 1. The second-order valence-electron chi connectivity index (χ2n) is 8.70. The van der Waals surface area contributed by atoms with Crippen molar-refractivity contribution in [2.24, 2.45) is 22.5 Å². The van der Waals surface area contributed by atoms with Gasteiger partial charge in [-0.05, 0) is 35.8 Å². The number of primary amides is 1. The predicted octanol–water partition coefficient (Wildman–Crippen LogP) is 1.53. The fraction of sp³-hybridized carbons (Fsp3) is 0.550. The highest BCUT2D eigenvalue weighted by molar-refractivity contribution is 7.87. The molecular weight excluding hydrogens is 412 g/mol. The van der Waals surface area contributed by atoms with Crippen LogP contribution in [0.15, 0.2) is 18.2 Å². The molecule has 1 aromatic carbocycles. The van der Waals surface area contributed by atoms with Gasteiger partial charge in [-0.2, -0.15) is 8.42 Å². The van der Waals surface area contributed by atoms with E-state index in [1.165, 1.54) is 18.2 Å². The minimum absolute atomic E-state index is 0.0329. The molecular formula is C20H25N2O7S. The zero-order chi connectivity index (χ0) is 22.5. The van der Waals surface area contributed by atoms with E-state index in [2.05, 4.69) is 6.07 Å². The van der Waals surface area contributed by atoms with E-state index in [-0.39, 0.29) is 29.5 Å². The van der Waals surface area contributed by atoms with Crippen LogP contribution in [0, 0.1) is 22.8 Å². The Hall–Kier alpha value is -2.46. The van der Waals surface area contributed by atoms with Crippen molar-refractivity contribution < 1.29 is 32.5 Å². The van der Waals surface area contributed by atoms with E-state index >= 15 is 0 Å². The van der Waals surface area contributed by atoms with E-state index in [1.54, 1.807) is 0 Å². The van der Waals surface area contributed by atoms with E-state index in [4.69, 9.17) is 10.8 Å². The summed E-state index contributed by atoms with van der Waals surface area (Å²) in [5.74, 6) is -3.25. The molecule has 163 valence electrons. The van der Waals surface area contributed by atoms with Gasteiger partial charge in [-0.25, -0.2) is 4.31 Å². The molecule has 0 aliphatic heterocycles. The average Bonchev–Trinajstić information content (AvgIpc) is 2.97. The van der Waals surface area contributed by atoms with Gasteiger partial charge in [0.05, 0.1) is 23.4 Å². The molecule has 10 heteroatoms. The molecule has 1 radical (unpaired) electrons. The van der Waals surface area contributed by atoms with Crippen molar-refractivity contribution in [1.82, 2.24) is 0 Å². The van der Waals surface area contributed by atoms with Crippen LogP contribution in [0.4, 0.5) is 5.69 Å². The van der Waals surface area contributed by atoms with Crippen molar-refractivity contribution in [3.05, 3.63) is 29.8 Å². The Morgan fingerprint density at radius 1 is 1.37 bits per heavy atom. The summed E-state index contributed by atoms with van der Waals surface area (Å²) in [5, 5.41) is 9.04. The van der Waals surface area contributed by atoms with Crippen molar-refractivity contribution in [2.45, 2.75) is 45.4 Å². The van der Waals surface area contributed by atoms with Gasteiger partial charge in [0.2, 0.25) is 5.91 Å². The molecule has 2 saturated carbocycles. The molecule has 0 spiro atoms. The van der Waals surface area contributed by atoms with Gasteiger partial charge < -0.3 is 10.8 Å². The molecule has 3 unspecified atom stereocenters. The van der Waals surface area contributed by atoms with Crippen LogP contribution < -0.4 is 10.0 Å². The minimum atomic E-state index is -4.78. The SMILES string of the molecule is CC1(C)C2CCC1(CN(c1[c]c(C(CC(=O)O)C(N)=O)ccc1)S(=O)(=O)O)C(=O)C2. The Morgan fingerprint density at radius 2 is 2.03 bits per heavy atom. The lowest BCUT2D eigenvalue weighted by Crippen LogP contribution is -2.48. The van der Waals surface area contributed by atoms with Crippen molar-refractivity contribution >= 4 is 33.7 Å². The van der Waals surface area contributed by atoms with Crippen LogP contribution in [0.1, 0.15) is 51.0 Å². The maximum Gasteiger partial charge on any atom is 0.360 e. The number of ketones is 1. The number of nitrogens with two attached hydrogens (primary N) is 1. The summed E-state index contributed by atoms with van der Waals surface area (Å²) in [6.45, 7) is 3.62. The Bertz CT molecular complexity index is 1000. The summed E-state index contributed by atoms with van der Waals surface area (Å²) in [6.07, 6.45) is 1.10. The highest BCUT2D eigenvalue weighted by atomic mass is 32.2. The first kappa shape index (κ1) is 22.2. The summed E-state index contributed by atoms with van der Waals surface area (Å²) < 4.78 is 35.2. The number of Topliss-reactive ketones (excluding diaryl/α,β-unsaturated/α-hetero) is 1. The molecule has 2 aliphatic carbocycles. The summed E-state index contributed by atoms with van der Waals surface area (Å²) >= 11 is 0. The van der Waals surface area contributed by atoms with Gasteiger partial charge in [0.15, 0.2) is 0 Å². The number of nitrogens with zero attached hydrogens (tertiary/aromatic N) is 1. The first-order chi connectivity index (χ1) is 13.8. The van der Waals surface area contributed by atoms with Crippen LogP contribution in [0.25, 0.3) is 0 Å². The first-order valence-electron chi connectivity index (χ1n) is 9.61. The van der Waals surface area contributed by atoms with Crippen molar-refractivity contribution in [2.75, 3.05) is 10.8 Å². The third-order valence-electron chi connectivity index (χ3n) is 7.00. The van der Waals surface area contributed by atoms with Crippen LogP contribution in [0.5, 0.6) is 0 Å². The third kappa shape index (κ3) is 3.58. The van der Waals surface area contributed by atoms with Gasteiger partial charge in [-0.15, -0.1) is 0 Å². The fourth-order valence-corrected chi connectivity index (χ4v) is 5.78. The molecule has 0 heterocycles. The number of aliphatic carboxylic acids is 1. The smallest absolute Gasteiger partial charge is 0.360 e. The number of fused-ring (bicyclic) bond motifs is 2. The molecule has 9 nitrogen and oxygen atoms in total. The Labute approximate surface area is 175 Å².